The summed E-state index contributed by atoms with van der Waals surface area (Å²) in [5.41, 5.74) is 0. The van der Waals surface area contributed by atoms with Gasteiger partial charge in [-0.1, -0.05) is 13.0 Å². The fourth-order valence-corrected chi connectivity index (χ4v) is 2.68. The van der Waals surface area contributed by atoms with Crippen LogP contribution in [0, 0.1) is 0 Å². The predicted octanol–water partition coefficient (Wildman–Crippen LogP) is 1.55. The number of halogens is 2. The Balaban J connectivity index is 0.00000288. The van der Waals surface area contributed by atoms with E-state index in [4.69, 9.17) is 0 Å². The van der Waals surface area contributed by atoms with E-state index in [2.05, 4.69) is 38.4 Å². The van der Waals surface area contributed by atoms with Crippen molar-refractivity contribution < 1.29 is 4.79 Å². The lowest BCUT2D eigenvalue weighted by atomic mass is 10.2. The molecule has 0 bridgehead atoms. The van der Waals surface area contributed by atoms with Gasteiger partial charge in [-0.15, -0.1) is 24.8 Å². The number of carbonyl (C=O) groups is 1. The van der Waals surface area contributed by atoms with Gasteiger partial charge in [0.05, 0.1) is 0 Å². The minimum atomic E-state index is 0. The van der Waals surface area contributed by atoms with E-state index in [1.165, 1.54) is 0 Å². The van der Waals surface area contributed by atoms with Gasteiger partial charge in [-0.3, -0.25) is 9.69 Å². The van der Waals surface area contributed by atoms with Crippen LogP contribution in [-0.2, 0) is 4.79 Å². The Morgan fingerprint density at radius 3 is 2.52 bits per heavy atom. The van der Waals surface area contributed by atoms with Crippen LogP contribution in [0.2, 0.25) is 0 Å². The van der Waals surface area contributed by atoms with E-state index < -0.39 is 0 Å². The monoisotopic (exact) mass is 391 g/mol. The van der Waals surface area contributed by atoms with Gasteiger partial charge >= 0.3 is 0 Å². The number of pyridine rings is 1. The van der Waals surface area contributed by atoms with Gasteiger partial charge < -0.3 is 15.5 Å². The molecular weight excluding hydrogens is 361 g/mol. The van der Waals surface area contributed by atoms with Gasteiger partial charge in [0.15, 0.2) is 0 Å². The van der Waals surface area contributed by atoms with Gasteiger partial charge in [0.1, 0.15) is 5.82 Å². The summed E-state index contributed by atoms with van der Waals surface area (Å²) in [7, 11) is 0. The van der Waals surface area contributed by atoms with Crippen LogP contribution < -0.4 is 15.5 Å². The van der Waals surface area contributed by atoms with E-state index in [0.717, 1.165) is 58.1 Å². The fraction of sp³-hybridized carbons (Fsp3) is 0.647. The molecule has 1 aromatic heterocycles. The number of nitrogens with one attached hydrogen (secondary N) is 2. The Hall–Kier alpha value is -1.08. The van der Waals surface area contributed by atoms with Crippen molar-refractivity contribution in [1.29, 1.82) is 0 Å². The Kier molecular flexibility index (Phi) is 13.5. The molecular formula is C17H31Cl2N5O. The second-order valence-corrected chi connectivity index (χ2v) is 5.87. The third-order valence-corrected chi connectivity index (χ3v) is 4.05. The highest BCUT2D eigenvalue weighted by molar-refractivity contribution is 5.85. The van der Waals surface area contributed by atoms with Crippen molar-refractivity contribution in [1.82, 2.24) is 20.5 Å². The van der Waals surface area contributed by atoms with E-state index in [9.17, 15) is 4.79 Å². The van der Waals surface area contributed by atoms with Crippen LogP contribution in [0.3, 0.4) is 0 Å². The molecule has 1 aromatic rings. The molecule has 2 N–H and O–H groups in total. The summed E-state index contributed by atoms with van der Waals surface area (Å²) in [6.45, 7) is 9.47. The van der Waals surface area contributed by atoms with Crippen molar-refractivity contribution in [2.75, 3.05) is 57.3 Å². The molecule has 1 saturated heterocycles. The van der Waals surface area contributed by atoms with E-state index in [1.54, 1.807) is 0 Å². The average Bonchev–Trinajstić information content (AvgIpc) is 2.61. The molecule has 25 heavy (non-hydrogen) atoms. The van der Waals surface area contributed by atoms with Gasteiger partial charge in [0.25, 0.3) is 0 Å². The molecule has 0 aliphatic carbocycles. The number of amides is 1. The maximum absolute atomic E-state index is 11.8. The first kappa shape index (κ1) is 23.9. The summed E-state index contributed by atoms with van der Waals surface area (Å²) in [6.07, 6.45) is 3.54. The van der Waals surface area contributed by atoms with Crippen molar-refractivity contribution in [3.63, 3.8) is 0 Å². The molecule has 0 aromatic carbocycles. The molecule has 8 heteroatoms. The lowest BCUT2D eigenvalue weighted by Gasteiger charge is -2.35. The number of hydrogen-bond acceptors (Lipinski definition) is 5. The van der Waals surface area contributed by atoms with E-state index in [0.29, 0.717) is 13.0 Å². The first-order chi connectivity index (χ1) is 11.3. The summed E-state index contributed by atoms with van der Waals surface area (Å²) in [5, 5.41) is 6.25. The lowest BCUT2D eigenvalue weighted by Crippen LogP contribution is -2.47. The lowest BCUT2D eigenvalue weighted by molar-refractivity contribution is -0.121. The first-order valence-electron chi connectivity index (χ1n) is 8.65. The van der Waals surface area contributed by atoms with Crippen LogP contribution in [0.1, 0.15) is 19.8 Å². The molecule has 2 heterocycles. The van der Waals surface area contributed by atoms with Gasteiger partial charge in [-0.05, 0) is 25.1 Å². The first-order valence-corrected chi connectivity index (χ1v) is 8.65. The number of anilines is 1. The summed E-state index contributed by atoms with van der Waals surface area (Å²) >= 11 is 0. The number of piperazine rings is 1. The average molecular weight is 392 g/mol. The van der Waals surface area contributed by atoms with Crippen LogP contribution in [0.4, 0.5) is 5.82 Å². The molecule has 0 atom stereocenters. The highest BCUT2D eigenvalue weighted by atomic mass is 35.5. The van der Waals surface area contributed by atoms with Crippen molar-refractivity contribution in [3.05, 3.63) is 24.4 Å². The Labute approximate surface area is 163 Å². The van der Waals surface area contributed by atoms with E-state index >= 15 is 0 Å². The van der Waals surface area contributed by atoms with Crippen molar-refractivity contribution >= 4 is 36.5 Å². The standard InChI is InChI=1S/C17H29N5O.2ClH/c1-2-7-18-9-10-20-17(23)6-11-21-12-14-22(15-13-21)16-5-3-4-8-19-16;;/h3-5,8,18H,2,6-7,9-15H2,1H3,(H,20,23);2*1H. The molecule has 2 rings (SSSR count). The number of nitrogens with zero attached hydrogens (tertiary/aromatic N) is 3. The summed E-state index contributed by atoms with van der Waals surface area (Å²) in [4.78, 5) is 20.9. The quantitative estimate of drug-likeness (QED) is 0.625. The largest absolute Gasteiger partial charge is 0.355 e. The van der Waals surface area contributed by atoms with Crippen LogP contribution >= 0.6 is 24.8 Å². The van der Waals surface area contributed by atoms with Gasteiger partial charge in [-0.2, -0.15) is 0 Å². The smallest absolute Gasteiger partial charge is 0.221 e. The minimum absolute atomic E-state index is 0. The number of rotatable bonds is 9. The third kappa shape index (κ3) is 9.26. The molecule has 1 aliphatic rings. The van der Waals surface area contributed by atoms with Crippen LogP contribution in [0.15, 0.2) is 24.4 Å². The maximum Gasteiger partial charge on any atom is 0.221 e. The van der Waals surface area contributed by atoms with E-state index in [1.807, 2.05) is 18.3 Å². The Morgan fingerprint density at radius 1 is 1.12 bits per heavy atom. The highest BCUT2D eigenvalue weighted by Gasteiger charge is 2.18. The molecule has 0 saturated carbocycles. The molecule has 6 nitrogen and oxygen atoms in total. The summed E-state index contributed by atoms with van der Waals surface area (Å²) < 4.78 is 0. The topological polar surface area (TPSA) is 60.5 Å². The van der Waals surface area contributed by atoms with Crippen LogP contribution in [0.25, 0.3) is 0 Å². The van der Waals surface area contributed by atoms with Crippen LogP contribution in [0.5, 0.6) is 0 Å². The van der Waals surface area contributed by atoms with Gasteiger partial charge in [-0.25, -0.2) is 4.98 Å². The SMILES string of the molecule is CCCNCCNC(=O)CCN1CCN(c2ccccn2)CC1.Cl.Cl. The molecule has 1 amide bonds. The second-order valence-electron chi connectivity index (χ2n) is 5.87. The molecule has 1 fully saturated rings. The fourth-order valence-electron chi connectivity index (χ4n) is 2.68. The zero-order valence-electron chi connectivity index (χ0n) is 14.9. The number of hydrogen-bond donors (Lipinski definition) is 2. The van der Waals surface area contributed by atoms with Gasteiger partial charge in [0.2, 0.25) is 5.91 Å². The maximum atomic E-state index is 11.8. The highest BCUT2D eigenvalue weighted by Crippen LogP contribution is 2.12. The molecule has 0 unspecified atom stereocenters. The Morgan fingerprint density at radius 2 is 1.88 bits per heavy atom. The summed E-state index contributed by atoms with van der Waals surface area (Å²) in [6, 6.07) is 6.01. The molecule has 144 valence electrons. The number of aromatic nitrogens is 1. The van der Waals surface area contributed by atoms with Gasteiger partial charge in [0, 0.05) is 58.4 Å². The van der Waals surface area contributed by atoms with Crippen LogP contribution in [-0.4, -0.2) is 68.1 Å². The molecule has 0 radical (unpaired) electrons. The zero-order chi connectivity index (χ0) is 16.3. The van der Waals surface area contributed by atoms with Crippen molar-refractivity contribution in [2.45, 2.75) is 19.8 Å². The molecule has 0 spiro atoms. The Bertz CT molecular complexity index is 456. The predicted molar refractivity (Wildman–Crippen MR) is 108 cm³/mol. The zero-order valence-corrected chi connectivity index (χ0v) is 16.6. The number of carbonyl (C=O) groups excluding carboxylic acids is 1. The second kappa shape index (κ2) is 14.1. The van der Waals surface area contributed by atoms with E-state index in [-0.39, 0.29) is 30.7 Å². The third-order valence-electron chi connectivity index (χ3n) is 4.05. The molecule has 1 aliphatic heterocycles. The van der Waals surface area contributed by atoms with Crippen molar-refractivity contribution in [3.8, 4) is 0 Å². The normalized spacial score (nSPS) is 14.4. The minimum Gasteiger partial charge on any atom is -0.355 e. The summed E-state index contributed by atoms with van der Waals surface area (Å²) in [5.74, 6) is 1.19. The van der Waals surface area contributed by atoms with Crippen molar-refractivity contribution in [2.24, 2.45) is 0 Å².